The van der Waals surface area contributed by atoms with Gasteiger partial charge in [-0.3, -0.25) is 14.3 Å². The zero-order valence-electron chi connectivity index (χ0n) is 22.7. The Bertz CT molecular complexity index is 1240. The van der Waals surface area contributed by atoms with Crippen LogP contribution >= 0.6 is 0 Å². The fourth-order valence-corrected chi connectivity index (χ4v) is 5.31. The molecule has 1 fully saturated rings. The Hall–Kier alpha value is -3.20. The standard InChI is InChI=1S/C29H39FN4O4/c1-29(2,3)26(28(37)31-16-19-13-14-22(35)23(15-19)38-4)32-27(36)24-20-11-8-12-21(30)25(20)34(33-24)17-18-9-6-5-7-10-18/h8,11-13,15,18,22,26,35H,5-7,9-10,14,16-17H2,1-4H3,(H,31,37)(H,32,36)/t22?,26-/m1/s1. The SMILES string of the molecule is COC1=CC(CNC(=O)[C@@H](NC(=O)c2nn(CC3CCCCC3)c3c(F)cccc23)C(C)(C)C)=CCC1O. The average Bonchev–Trinajstić information content (AvgIpc) is 3.26. The van der Waals surface area contributed by atoms with Gasteiger partial charge in [0.15, 0.2) is 5.69 Å². The fraction of sp³-hybridized carbons (Fsp3) is 0.552. The number of nitrogens with one attached hydrogen (secondary N) is 2. The lowest BCUT2D eigenvalue weighted by Crippen LogP contribution is -2.54. The molecule has 0 aliphatic heterocycles. The molecule has 0 spiro atoms. The van der Waals surface area contributed by atoms with E-state index >= 15 is 0 Å². The molecule has 1 aromatic carbocycles. The number of rotatable bonds is 8. The van der Waals surface area contributed by atoms with Crippen molar-refractivity contribution in [3.63, 3.8) is 0 Å². The molecule has 1 heterocycles. The summed E-state index contributed by atoms with van der Waals surface area (Å²) in [5.41, 5.74) is 0.652. The van der Waals surface area contributed by atoms with Gasteiger partial charge in [0.25, 0.3) is 5.91 Å². The summed E-state index contributed by atoms with van der Waals surface area (Å²) in [7, 11) is 1.49. The molecule has 9 heteroatoms. The summed E-state index contributed by atoms with van der Waals surface area (Å²) in [5, 5.41) is 20.7. The molecule has 2 atom stereocenters. The van der Waals surface area contributed by atoms with Crippen LogP contribution in [0.3, 0.4) is 0 Å². The number of aromatic nitrogens is 2. The van der Waals surface area contributed by atoms with Crippen molar-refractivity contribution in [3.05, 3.63) is 53.2 Å². The molecule has 38 heavy (non-hydrogen) atoms. The van der Waals surface area contributed by atoms with Gasteiger partial charge in [-0.1, -0.05) is 58.2 Å². The summed E-state index contributed by atoms with van der Waals surface area (Å²) in [6, 6.07) is 3.80. The van der Waals surface area contributed by atoms with Gasteiger partial charge >= 0.3 is 0 Å². The van der Waals surface area contributed by atoms with Gasteiger partial charge in [-0.2, -0.15) is 5.10 Å². The molecular formula is C29H39FN4O4. The second-order valence-corrected chi connectivity index (χ2v) is 11.4. The van der Waals surface area contributed by atoms with Gasteiger partial charge in [-0.15, -0.1) is 0 Å². The van der Waals surface area contributed by atoms with Crippen LogP contribution in [0.5, 0.6) is 0 Å². The van der Waals surface area contributed by atoms with E-state index in [0.717, 1.165) is 31.3 Å². The molecule has 2 aliphatic carbocycles. The molecule has 2 aromatic rings. The molecule has 2 amide bonds. The number of carbonyl (C=O) groups is 2. The summed E-state index contributed by atoms with van der Waals surface area (Å²) in [5.74, 6) is -0.426. The highest BCUT2D eigenvalue weighted by Crippen LogP contribution is 2.29. The third-order valence-corrected chi connectivity index (χ3v) is 7.46. The first kappa shape index (κ1) is 27.8. The van der Waals surface area contributed by atoms with Crippen LogP contribution < -0.4 is 10.6 Å². The Balaban J connectivity index is 1.53. The molecule has 1 unspecified atom stereocenters. The number of fused-ring (bicyclic) bond motifs is 1. The predicted octanol–water partition coefficient (Wildman–Crippen LogP) is 4.24. The summed E-state index contributed by atoms with van der Waals surface area (Å²) >= 11 is 0. The number of ether oxygens (including phenoxy) is 1. The topological polar surface area (TPSA) is 105 Å². The summed E-state index contributed by atoms with van der Waals surface area (Å²) in [4.78, 5) is 26.8. The zero-order chi connectivity index (χ0) is 27.4. The number of carbonyl (C=O) groups excluding carboxylic acids is 2. The Kier molecular flexibility index (Phi) is 8.55. The lowest BCUT2D eigenvalue weighted by atomic mass is 9.86. The molecule has 3 N–H and O–H groups in total. The number of nitrogens with zero attached hydrogens (tertiary/aromatic N) is 2. The monoisotopic (exact) mass is 526 g/mol. The van der Waals surface area contributed by atoms with Gasteiger partial charge in [-0.25, -0.2) is 4.39 Å². The summed E-state index contributed by atoms with van der Waals surface area (Å²) in [6.07, 6.45) is 8.93. The van der Waals surface area contributed by atoms with Crippen molar-refractivity contribution in [3.8, 4) is 0 Å². The number of methoxy groups -OCH3 is 1. The first-order chi connectivity index (χ1) is 18.1. The molecule has 8 nitrogen and oxygen atoms in total. The molecule has 0 bridgehead atoms. The van der Waals surface area contributed by atoms with Crippen LogP contribution in [0.25, 0.3) is 10.9 Å². The molecular weight excluding hydrogens is 487 g/mol. The lowest BCUT2D eigenvalue weighted by Gasteiger charge is -2.30. The van der Waals surface area contributed by atoms with E-state index < -0.39 is 29.3 Å². The molecule has 0 saturated heterocycles. The van der Waals surface area contributed by atoms with Crippen molar-refractivity contribution >= 4 is 22.7 Å². The van der Waals surface area contributed by atoms with Crippen molar-refractivity contribution in [2.45, 2.75) is 78.0 Å². The minimum absolute atomic E-state index is 0.119. The van der Waals surface area contributed by atoms with E-state index in [1.807, 2.05) is 26.8 Å². The Morgan fingerprint density at radius 2 is 1.97 bits per heavy atom. The molecule has 0 radical (unpaired) electrons. The van der Waals surface area contributed by atoms with Crippen molar-refractivity contribution in [1.29, 1.82) is 0 Å². The van der Waals surface area contributed by atoms with E-state index in [-0.39, 0.29) is 18.1 Å². The van der Waals surface area contributed by atoms with E-state index in [9.17, 15) is 19.1 Å². The number of hydrogen-bond donors (Lipinski definition) is 3. The highest BCUT2D eigenvalue weighted by atomic mass is 19.1. The number of aliphatic hydroxyl groups is 1. The molecule has 206 valence electrons. The minimum atomic E-state index is -0.859. The third kappa shape index (κ3) is 6.26. The predicted molar refractivity (Wildman–Crippen MR) is 144 cm³/mol. The number of para-hydroxylation sites is 1. The summed E-state index contributed by atoms with van der Waals surface area (Å²) in [6.45, 7) is 6.40. The van der Waals surface area contributed by atoms with Gasteiger partial charge in [0.05, 0.1) is 7.11 Å². The number of aliphatic hydroxyl groups excluding tert-OH is 1. The van der Waals surface area contributed by atoms with Gasteiger partial charge in [0.1, 0.15) is 29.2 Å². The largest absolute Gasteiger partial charge is 0.498 e. The van der Waals surface area contributed by atoms with Crippen molar-refractivity contribution in [2.24, 2.45) is 11.3 Å². The molecule has 4 rings (SSSR count). The van der Waals surface area contributed by atoms with E-state index in [1.54, 1.807) is 22.9 Å². The number of hydrogen-bond acceptors (Lipinski definition) is 5. The van der Waals surface area contributed by atoms with Crippen LogP contribution in [-0.2, 0) is 16.1 Å². The Morgan fingerprint density at radius 3 is 2.66 bits per heavy atom. The molecule has 1 saturated carbocycles. The van der Waals surface area contributed by atoms with Crippen LogP contribution in [0.15, 0.2) is 41.7 Å². The van der Waals surface area contributed by atoms with Crippen LogP contribution in [0.4, 0.5) is 4.39 Å². The highest BCUT2D eigenvalue weighted by Gasteiger charge is 2.34. The number of benzene rings is 1. The van der Waals surface area contributed by atoms with Gasteiger partial charge in [0.2, 0.25) is 5.91 Å². The Morgan fingerprint density at radius 1 is 1.24 bits per heavy atom. The zero-order valence-corrected chi connectivity index (χ0v) is 22.7. The minimum Gasteiger partial charge on any atom is -0.498 e. The van der Waals surface area contributed by atoms with Crippen molar-refractivity contribution < 1.29 is 23.8 Å². The van der Waals surface area contributed by atoms with Crippen molar-refractivity contribution in [2.75, 3.05) is 13.7 Å². The maximum atomic E-state index is 14.9. The fourth-order valence-electron chi connectivity index (χ4n) is 5.31. The summed E-state index contributed by atoms with van der Waals surface area (Å²) < 4.78 is 21.8. The quantitative estimate of drug-likeness (QED) is 0.477. The first-order valence-corrected chi connectivity index (χ1v) is 13.4. The smallest absolute Gasteiger partial charge is 0.273 e. The van der Waals surface area contributed by atoms with Crippen LogP contribution in [0.1, 0.15) is 69.8 Å². The second-order valence-electron chi connectivity index (χ2n) is 11.4. The average molecular weight is 527 g/mol. The number of halogens is 1. The molecule has 2 aliphatic rings. The maximum absolute atomic E-state index is 14.9. The maximum Gasteiger partial charge on any atom is 0.273 e. The van der Waals surface area contributed by atoms with E-state index in [2.05, 4.69) is 15.7 Å². The first-order valence-electron chi connectivity index (χ1n) is 13.4. The number of amides is 2. The third-order valence-electron chi connectivity index (χ3n) is 7.46. The Labute approximate surface area is 223 Å². The van der Waals surface area contributed by atoms with E-state index in [0.29, 0.717) is 35.5 Å². The van der Waals surface area contributed by atoms with Gasteiger partial charge in [0, 0.05) is 18.5 Å². The highest BCUT2D eigenvalue weighted by molar-refractivity contribution is 6.06. The normalized spacial score (nSPS) is 19.5. The van der Waals surface area contributed by atoms with Gasteiger partial charge in [-0.05, 0) is 48.3 Å². The van der Waals surface area contributed by atoms with Crippen LogP contribution in [0, 0.1) is 17.2 Å². The lowest BCUT2D eigenvalue weighted by molar-refractivity contribution is -0.125. The molecule has 1 aromatic heterocycles. The van der Waals surface area contributed by atoms with E-state index in [1.165, 1.54) is 19.6 Å². The van der Waals surface area contributed by atoms with Gasteiger partial charge < -0.3 is 20.5 Å². The second kappa shape index (κ2) is 11.7. The van der Waals surface area contributed by atoms with Crippen LogP contribution in [-0.4, -0.2) is 52.5 Å². The van der Waals surface area contributed by atoms with Crippen LogP contribution in [0.2, 0.25) is 0 Å². The van der Waals surface area contributed by atoms with Crippen molar-refractivity contribution in [1.82, 2.24) is 20.4 Å². The van der Waals surface area contributed by atoms with E-state index in [4.69, 9.17) is 4.74 Å².